The Kier molecular flexibility index (Phi) is 5.51. The average Bonchev–Trinajstić information content (AvgIpc) is 2.92. The molecule has 2 N–H and O–H groups in total. The molecule has 0 aliphatic carbocycles. The van der Waals surface area contributed by atoms with E-state index in [1.54, 1.807) is 6.92 Å². The number of thiazole rings is 1. The molecule has 0 aliphatic rings. The standard InChI is InChI=1S/C15H19N3O3S2/c1-4-10(2)18-23(20,21)13-7-5-12(6-8-13)14(19)17-15-16-11(3)9-22-15/h5-10,18H,4H2,1-3H3,(H,16,17,19). The maximum absolute atomic E-state index is 12.2. The highest BCUT2D eigenvalue weighted by molar-refractivity contribution is 7.89. The fourth-order valence-corrected chi connectivity index (χ4v) is 3.79. The molecule has 124 valence electrons. The Morgan fingerprint density at radius 2 is 1.96 bits per heavy atom. The molecule has 8 heteroatoms. The van der Waals surface area contributed by atoms with E-state index in [2.05, 4.69) is 15.0 Å². The van der Waals surface area contributed by atoms with Crippen molar-refractivity contribution < 1.29 is 13.2 Å². The number of rotatable bonds is 6. The molecule has 0 fully saturated rings. The summed E-state index contributed by atoms with van der Waals surface area (Å²) in [5.41, 5.74) is 1.21. The van der Waals surface area contributed by atoms with Crippen LogP contribution in [0.3, 0.4) is 0 Å². The maximum atomic E-state index is 12.2. The Morgan fingerprint density at radius 3 is 2.48 bits per heavy atom. The van der Waals surface area contributed by atoms with Gasteiger partial charge in [-0.15, -0.1) is 11.3 Å². The number of amides is 1. The summed E-state index contributed by atoms with van der Waals surface area (Å²) < 4.78 is 26.9. The third-order valence-corrected chi connectivity index (χ3v) is 5.72. The summed E-state index contributed by atoms with van der Waals surface area (Å²) in [6, 6.07) is 5.68. The quantitative estimate of drug-likeness (QED) is 0.836. The van der Waals surface area contributed by atoms with Gasteiger partial charge in [0.25, 0.3) is 5.91 Å². The zero-order chi connectivity index (χ0) is 17.0. The summed E-state index contributed by atoms with van der Waals surface area (Å²) in [5, 5.41) is 5.04. The molecule has 1 amide bonds. The third kappa shape index (κ3) is 4.60. The molecule has 0 bridgehead atoms. The minimum absolute atomic E-state index is 0.138. The van der Waals surface area contributed by atoms with Gasteiger partial charge >= 0.3 is 0 Å². The molecule has 6 nitrogen and oxygen atoms in total. The Labute approximate surface area is 140 Å². The Bertz CT molecular complexity index is 783. The SMILES string of the molecule is CCC(C)NS(=O)(=O)c1ccc(C(=O)Nc2nc(C)cs2)cc1. The normalized spacial score (nSPS) is 12.8. The molecule has 1 atom stereocenters. The molecule has 1 heterocycles. The first-order valence-electron chi connectivity index (χ1n) is 7.17. The van der Waals surface area contributed by atoms with Crippen molar-refractivity contribution in [3.63, 3.8) is 0 Å². The first-order chi connectivity index (χ1) is 10.8. The van der Waals surface area contributed by atoms with Crippen LogP contribution in [0, 0.1) is 6.92 Å². The molecule has 0 aliphatic heterocycles. The van der Waals surface area contributed by atoms with Crippen molar-refractivity contribution in [1.29, 1.82) is 0 Å². The van der Waals surface area contributed by atoms with E-state index >= 15 is 0 Å². The molecule has 0 saturated heterocycles. The number of aromatic nitrogens is 1. The van der Waals surface area contributed by atoms with Crippen molar-refractivity contribution in [2.24, 2.45) is 0 Å². The topological polar surface area (TPSA) is 88.2 Å². The summed E-state index contributed by atoms with van der Waals surface area (Å²) >= 11 is 1.34. The minimum atomic E-state index is -3.56. The van der Waals surface area contributed by atoms with E-state index in [1.165, 1.54) is 35.6 Å². The first kappa shape index (κ1) is 17.6. The van der Waals surface area contributed by atoms with Crippen LogP contribution >= 0.6 is 11.3 Å². The van der Waals surface area contributed by atoms with Gasteiger partial charge in [0.2, 0.25) is 10.0 Å². The second kappa shape index (κ2) is 7.20. The van der Waals surface area contributed by atoms with Crippen LogP contribution in [0.5, 0.6) is 0 Å². The zero-order valence-corrected chi connectivity index (χ0v) is 14.8. The molecular weight excluding hydrogens is 334 g/mol. The number of anilines is 1. The molecular formula is C15H19N3O3S2. The maximum Gasteiger partial charge on any atom is 0.257 e. The van der Waals surface area contributed by atoms with E-state index < -0.39 is 10.0 Å². The second-order valence-electron chi connectivity index (χ2n) is 5.20. The molecule has 1 unspecified atom stereocenters. The summed E-state index contributed by atoms with van der Waals surface area (Å²) in [7, 11) is -3.56. The van der Waals surface area contributed by atoms with E-state index in [9.17, 15) is 13.2 Å². The lowest BCUT2D eigenvalue weighted by atomic mass is 10.2. The molecule has 0 spiro atoms. The van der Waals surface area contributed by atoms with Crippen LogP contribution in [-0.4, -0.2) is 25.4 Å². The number of hydrogen-bond donors (Lipinski definition) is 2. The van der Waals surface area contributed by atoms with Gasteiger partial charge in [0.05, 0.1) is 10.6 Å². The predicted molar refractivity (Wildman–Crippen MR) is 91.3 cm³/mol. The number of nitrogens with zero attached hydrogens (tertiary/aromatic N) is 1. The number of sulfonamides is 1. The minimum Gasteiger partial charge on any atom is -0.298 e. The Morgan fingerprint density at radius 1 is 1.30 bits per heavy atom. The van der Waals surface area contributed by atoms with Crippen molar-refractivity contribution in [3.05, 3.63) is 40.9 Å². The number of aryl methyl sites for hydroxylation is 1. The van der Waals surface area contributed by atoms with Crippen LogP contribution in [0.2, 0.25) is 0 Å². The molecule has 1 aromatic carbocycles. The van der Waals surface area contributed by atoms with Crippen molar-refractivity contribution in [2.45, 2.75) is 38.1 Å². The van der Waals surface area contributed by atoms with Crippen molar-refractivity contribution in [2.75, 3.05) is 5.32 Å². The number of carbonyl (C=O) groups excluding carboxylic acids is 1. The number of nitrogens with one attached hydrogen (secondary N) is 2. The smallest absolute Gasteiger partial charge is 0.257 e. The number of carbonyl (C=O) groups is 1. The van der Waals surface area contributed by atoms with Crippen molar-refractivity contribution >= 4 is 32.4 Å². The zero-order valence-electron chi connectivity index (χ0n) is 13.2. The largest absolute Gasteiger partial charge is 0.298 e. The third-order valence-electron chi connectivity index (χ3n) is 3.23. The molecule has 2 rings (SSSR count). The van der Waals surface area contributed by atoms with Gasteiger partial charge in [-0.1, -0.05) is 6.92 Å². The van der Waals surface area contributed by atoms with Crippen molar-refractivity contribution in [3.8, 4) is 0 Å². The lowest BCUT2D eigenvalue weighted by molar-refractivity contribution is 0.102. The van der Waals surface area contributed by atoms with Crippen molar-refractivity contribution in [1.82, 2.24) is 9.71 Å². The number of hydrogen-bond acceptors (Lipinski definition) is 5. The van der Waals surface area contributed by atoms with Gasteiger partial charge in [-0.3, -0.25) is 10.1 Å². The van der Waals surface area contributed by atoms with Gasteiger partial charge in [0, 0.05) is 17.0 Å². The van der Waals surface area contributed by atoms with E-state index in [1.807, 2.05) is 19.2 Å². The van der Waals surface area contributed by atoms with E-state index in [0.29, 0.717) is 17.1 Å². The summed E-state index contributed by atoms with van der Waals surface area (Å²) in [5.74, 6) is -0.321. The molecule has 1 aromatic heterocycles. The second-order valence-corrected chi connectivity index (χ2v) is 7.78. The average molecular weight is 353 g/mol. The Balaban J connectivity index is 2.11. The lowest BCUT2D eigenvalue weighted by Crippen LogP contribution is -2.32. The van der Waals surface area contributed by atoms with E-state index in [4.69, 9.17) is 0 Å². The fourth-order valence-electron chi connectivity index (χ4n) is 1.78. The summed E-state index contributed by atoms with van der Waals surface area (Å²) in [6.07, 6.45) is 0.701. The molecule has 2 aromatic rings. The van der Waals surface area contributed by atoms with E-state index in [0.717, 1.165) is 5.69 Å². The molecule has 0 saturated carbocycles. The van der Waals surface area contributed by atoms with E-state index in [-0.39, 0.29) is 16.8 Å². The monoisotopic (exact) mass is 353 g/mol. The number of benzene rings is 1. The summed E-state index contributed by atoms with van der Waals surface area (Å²) in [4.78, 5) is 16.4. The van der Waals surface area contributed by atoms with Crippen LogP contribution in [0.25, 0.3) is 0 Å². The van der Waals surface area contributed by atoms with Gasteiger partial charge in [-0.2, -0.15) is 0 Å². The highest BCUT2D eigenvalue weighted by Crippen LogP contribution is 2.17. The van der Waals surface area contributed by atoms with Crippen LogP contribution in [0.4, 0.5) is 5.13 Å². The van der Waals surface area contributed by atoms with Gasteiger partial charge in [-0.05, 0) is 44.5 Å². The van der Waals surface area contributed by atoms with Crippen LogP contribution in [0.15, 0.2) is 34.5 Å². The molecule has 0 radical (unpaired) electrons. The van der Waals surface area contributed by atoms with Gasteiger partial charge in [-0.25, -0.2) is 18.1 Å². The fraction of sp³-hybridized carbons (Fsp3) is 0.333. The lowest BCUT2D eigenvalue weighted by Gasteiger charge is -2.12. The first-order valence-corrected chi connectivity index (χ1v) is 9.54. The van der Waals surface area contributed by atoms with Gasteiger partial charge in [0.15, 0.2) is 5.13 Å². The highest BCUT2D eigenvalue weighted by Gasteiger charge is 2.17. The summed E-state index contributed by atoms with van der Waals surface area (Å²) in [6.45, 7) is 5.55. The Hall–Kier alpha value is -1.77. The van der Waals surface area contributed by atoms with Crippen LogP contribution in [-0.2, 0) is 10.0 Å². The highest BCUT2D eigenvalue weighted by atomic mass is 32.2. The van der Waals surface area contributed by atoms with Gasteiger partial charge < -0.3 is 0 Å². The predicted octanol–water partition coefficient (Wildman–Crippen LogP) is 2.78. The van der Waals surface area contributed by atoms with Crippen LogP contribution in [0.1, 0.15) is 36.3 Å². The van der Waals surface area contributed by atoms with Gasteiger partial charge in [0.1, 0.15) is 0 Å². The van der Waals surface area contributed by atoms with Crippen LogP contribution < -0.4 is 10.0 Å². The molecule has 23 heavy (non-hydrogen) atoms.